The van der Waals surface area contributed by atoms with Crippen LogP contribution in [0.3, 0.4) is 0 Å². The minimum absolute atomic E-state index is 0.0270. The molecule has 0 unspecified atom stereocenters. The molecular formula is C24H21N5O2. The van der Waals surface area contributed by atoms with Gasteiger partial charge in [-0.05, 0) is 42.8 Å². The maximum Gasteiger partial charge on any atom is 0.253 e. The van der Waals surface area contributed by atoms with Crippen LogP contribution in [0.5, 0.6) is 0 Å². The summed E-state index contributed by atoms with van der Waals surface area (Å²) in [6.07, 6.45) is 1.73. The standard InChI is InChI=1S/C24H21N5O2/c1-16-8-2-3-10-18(16)26-22(30)14-21-23(31)28(15-17-9-6-7-13-25-17)24-27-19-11-4-5-12-20(19)29(21)24/h2-13,21H,14-15H2,1H3,(H,26,30)/t21-/m1/s1. The van der Waals surface area contributed by atoms with Crippen LogP contribution in [0.2, 0.25) is 0 Å². The van der Waals surface area contributed by atoms with Crippen molar-refractivity contribution in [1.82, 2.24) is 14.5 Å². The molecule has 154 valence electrons. The summed E-state index contributed by atoms with van der Waals surface area (Å²) in [7, 11) is 0. The first-order chi connectivity index (χ1) is 15.1. The number of aromatic nitrogens is 3. The lowest BCUT2D eigenvalue weighted by molar-refractivity contribution is -0.124. The maximum absolute atomic E-state index is 13.4. The third-order valence-electron chi connectivity index (χ3n) is 5.53. The molecule has 7 nitrogen and oxygen atoms in total. The van der Waals surface area contributed by atoms with E-state index in [2.05, 4.69) is 15.3 Å². The Kier molecular flexibility index (Phi) is 4.71. The summed E-state index contributed by atoms with van der Waals surface area (Å²) in [5.74, 6) is 0.181. The Morgan fingerprint density at radius 3 is 2.61 bits per heavy atom. The summed E-state index contributed by atoms with van der Waals surface area (Å²) >= 11 is 0. The van der Waals surface area contributed by atoms with Gasteiger partial charge in [-0.15, -0.1) is 0 Å². The molecule has 2 aromatic heterocycles. The topological polar surface area (TPSA) is 80.1 Å². The molecule has 4 aromatic rings. The van der Waals surface area contributed by atoms with Gasteiger partial charge in [0, 0.05) is 11.9 Å². The molecule has 0 spiro atoms. The van der Waals surface area contributed by atoms with Crippen LogP contribution in [-0.2, 0) is 16.1 Å². The van der Waals surface area contributed by atoms with E-state index in [4.69, 9.17) is 0 Å². The van der Waals surface area contributed by atoms with E-state index in [0.717, 1.165) is 28.0 Å². The fourth-order valence-electron chi connectivity index (χ4n) is 3.99. The number of pyridine rings is 1. The Bertz CT molecular complexity index is 1280. The molecule has 0 saturated heterocycles. The minimum atomic E-state index is -0.657. The van der Waals surface area contributed by atoms with E-state index < -0.39 is 6.04 Å². The second-order valence-corrected chi connectivity index (χ2v) is 7.60. The molecule has 7 heteroatoms. The van der Waals surface area contributed by atoms with Crippen molar-refractivity contribution in [3.63, 3.8) is 0 Å². The van der Waals surface area contributed by atoms with Crippen molar-refractivity contribution in [3.05, 3.63) is 84.2 Å². The number of imidazole rings is 1. The molecular weight excluding hydrogens is 390 g/mol. The largest absolute Gasteiger partial charge is 0.326 e. The van der Waals surface area contributed by atoms with Gasteiger partial charge < -0.3 is 5.32 Å². The van der Waals surface area contributed by atoms with Crippen molar-refractivity contribution in [2.24, 2.45) is 0 Å². The Balaban J connectivity index is 1.48. The molecule has 5 rings (SSSR count). The number of anilines is 2. The molecule has 0 radical (unpaired) electrons. The van der Waals surface area contributed by atoms with Crippen LogP contribution in [0.25, 0.3) is 11.0 Å². The third-order valence-corrected chi connectivity index (χ3v) is 5.53. The number of nitrogens with zero attached hydrogens (tertiary/aromatic N) is 4. The number of para-hydroxylation sites is 3. The molecule has 3 heterocycles. The van der Waals surface area contributed by atoms with Crippen molar-refractivity contribution >= 4 is 34.5 Å². The normalized spacial score (nSPS) is 15.3. The highest BCUT2D eigenvalue weighted by atomic mass is 16.2. The van der Waals surface area contributed by atoms with Crippen molar-refractivity contribution in [3.8, 4) is 0 Å². The zero-order chi connectivity index (χ0) is 21.4. The number of amides is 2. The lowest BCUT2D eigenvalue weighted by atomic mass is 10.1. The van der Waals surface area contributed by atoms with Gasteiger partial charge in [-0.2, -0.15) is 0 Å². The molecule has 2 aromatic carbocycles. The Labute approximate surface area is 179 Å². The highest BCUT2D eigenvalue weighted by molar-refractivity contribution is 6.05. The monoisotopic (exact) mass is 411 g/mol. The predicted molar refractivity (Wildman–Crippen MR) is 119 cm³/mol. The summed E-state index contributed by atoms with van der Waals surface area (Å²) in [5, 5.41) is 2.94. The van der Waals surface area contributed by atoms with Crippen molar-refractivity contribution < 1.29 is 9.59 Å². The van der Waals surface area contributed by atoms with Crippen LogP contribution >= 0.6 is 0 Å². The molecule has 0 bridgehead atoms. The van der Waals surface area contributed by atoms with Crippen LogP contribution in [0.1, 0.15) is 23.7 Å². The summed E-state index contributed by atoms with van der Waals surface area (Å²) in [6.45, 7) is 2.24. The Morgan fingerprint density at radius 1 is 1.03 bits per heavy atom. The average molecular weight is 411 g/mol. The van der Waals surface area contributed by atoms with Gasteiger partial charge >= 0.3 is 0 Å². The van der Waals surface area contributed by atoms with Gasteiger partial charge in [-0.25, -0.2) is 4.98 Å². The van der Waals surface area contributed by atoms with E-state index in [1.54, 1.807) is 11.1 Å². The van der Waals surface area contributed by atoms with Crippen LogP contribution in [0.15, 0.2) is 72.9 Å². The average Bonchev–Trinajstić information content (AvgIpc) is 3.27. The zero-order valence-electron chi connectivity index (χ0n) is 17.0. The second kappa shape index (κ2) is 7.68. The number of rotatable bonds is 5. The second-order valence-electron chi connectivity index (χ2n) is 7.60. The quantitative estimate of drug-likeness (QED) is 0.541. The van der Waals surface area contributed by atoms with E-state index in [0.29, 0.717) is 12.5 Å². The molecule has 1 aliphatic rings. The smallest absolute Gasteiger partial charge is 0.253 e. The van der Waals surface area contributed by atoms with Crippen LogP contribution in [0, 0.1) is 6.92 Å². The SMILES string of the molecule is Cc1ccccc1NC(=O)C[C@@H]1C(=O)N(Cc2ccccn2)c2nc3ccccc3n21. The molecule has 0 fully saturated rings. The third kappa shape index (κ3) is 3.44. The number of carbonyl (C=O) groups is 2. The van der Waals surface area contributed by atoms with Gasteiger partial charge in [0.05, 0.1) is 29.7 Å². The molecule has 0 aliphatic carbocycles. The summed E-state index contributed by atoms with van der Waals surface area (Å²) in [5.41, 5.74) is 4.11. The predicted octanol–water partition coefficient (Wildman–Crippen LogP) is 3.86. The van der Waals surface area contributed by atoms with E-state index in [-0.39, 0.29) is 18.2 Å². The van der Waals surface area contributed by atoms with Gasteiger partial charge in [0.2, 0.25) is 11.9 Å². The number of benzene rings is 2. The molecule has 1 aliphatic heterocycles. The molecule has 1 N–H and O–H groups in total. The van der Waals surface area contributed by atoms with Gasteiger partial charge in [-0.1, -0.05) is 36.4 Å². The van der Waals surface area contributed by atoms with Gasteiger partial charge in [0.15, 0.2) is 0 Å². The number of hydrogen-bond acceptors (Lipinski definition) is 4. The highest BCUT2D eigenvalue weighted by Gasteiger charge is 2.41. The van der Waals surface area contributed by atoms with E-state index in [1.165, 1.54) is 0 Å². The lowest BCUT2D eigenvalue weighted by Crippen LogP contribution is -2.31. The summed E-state index contributed by atoms with van der Waals surface area (Å²) in [6, 6.07) is 20.2. The highest BCUT2D eigenvalue weighted by Crippen LogP contribution is 2.37. The van der Waals surface area contributed by atoms with Crippen LogP contribution in [0.4, 0.5) is 11.6 Å². The van der Waals surface area contributed by atoms with E-state index in [1.807, 2.05) is 78.2 Å². The van der Waals surface area contributed by atoms with Crippen molar-refractivity contribution in [2.75, 3.05) is 10.2 Å². The fraction of sp³-hybridized carbons (Fsp3) is 0.167. The number of carbonyl (C=O) groups excluding carboxylic acids is 2. The first-order valence-corrected chi connectivity index (χ1v) is 10.2. The minimum Gasteiger partial charge on any atom is -0.326 e. The number of aryl methyl sites for hydroxylation is 1. The fourth-order valence-corrected chi connectivity index (χ4v) is 3.99. The summed E-state index contributed by atoms with van der Waals surface area (Å²) < 4.78 is 1.87. The Hall–Kier alpha value is -4.00. The van der Waals surface area contributed by atoms with Gasteiger partial charge in [0.1, 0.15) is 6.04 Å². The van der Waals surface area contributed by atoms with Gasteiger partial charge in [0.25, 0.3) is 5.91 Å². The van der Waals surface area contributed by atoms with E-state index >= 15 is 0 Å². The van der Waals surface area contributed by atoms with Crippen molar-refractivity contribution in [1.29, 1.82) is 0 Å². The molecule has 31 heavy (non-hydrogen) atoms. The lowest BCUT2D eigenvalue weighted by Gasteiger charge is -2.16. The maximum atomic E-state index is 13.4. The van der Waals surface area contributed by atoms with Crippen molar-refractivity contribution in [2.45, 2.75) is 25.9 Å². The number of fused-ring (bicyclic) bond motifs is 3. The molecule has 2 amide bonds. The zero-order valence-corrected chi connectivity index (χ0v) is 17.0. The molecule has 0 saturated carbocycles. The van der Waals surface area contributed by atoms with Crippen LogP contribution < -0.4 is 10.2 Å². The Morgan fingerprint density at radius 2 is 1.81 bits per heavy atom. The first kappa shape index (κ1) is 19.0. The number of nitrogens with one attached hydrogen (secondary N) is 1. The van der Waals surface area contributed by atoms with Crippen LogP contribution in [-0.4, -0.2) is 26.3 Å². The van der Waals surface area contributed by atoms with E-state index in [9.17, 15) is 9.59 Å². The first-order valence-electron chi connectivity index (χ1n) is 10.2. The molecule has 1 atom stereocenters. The summed E-state index contributed by atoms with van der Waals surface area (Å²) in [4.78, 5) is 36.9. The number of hydrogen-bond donors (Lipinski definition) is 1. The van der Waals surface area contributed by atoms with Gasteiger partial charge in [-0.3, -0.25) is 24.0 Å².